The molecule has 1 atom stereocenters. The number of sulfonamides is 1. The topological polar surface area (TPSA) is 86.0 Å². The molecule has 24 heavy (non-hydrogen) atoms. The number of hydrogen-bond acceptors (Lipinski definition) is 4. The molecule has 3 aromatic rings. The molecule has 2 aromatic heterocycles. The van der Waals surface area contributed by atoms with Crippen molar-refractivity contribution in [1.29, 1.82) is 0 Å². The molecule has 1 N–H and O–H groups in total. The molecular formula is C16H18N4O3S. The van der Waals surface area contributed by atoms with Gasteiger partial charge in [-0.25, -0.2) is 17.9 Å². The number of rotatable bonds is 4. The van der Waals surface area contributed by atoms with Crippen molar-refractivity contribution in [3.63, 3.8) is 0 Å². The fourth-order valence-electron chi connectivity index (χ4n) is 2.65. The van der Waals surface area contributed by atoms with Crippen molar-refractivity contribution in [2.45, 2.75) is 17.9 Å². The average Bonchev–Trinajstić information content (AvgIpc) is 2.79. The number of hydrogen-bond donors (Lipinski definition) is 1. The minimum Gasteiger partial charge on any atom is -0.295 e. The number of pyridine rings is 1. The molecule has 3 rings (SSSR count). The largest absolute Gasteiger partial charge is 0.328 e. The van der Waals surface area contributed by atoms with E-state index >= 15 is 0 Å². The normalized spacial score (nSPS) is 13.3. The summed E-state index contributed by atoms with van der Waals surface area (Å²) in [6.45, 7) is 1.76. The van der Waals surface area contributed by atoms with Crippen LogP contribution in [-0.2, 0) is 24.1 Å². The van der Waals surface area contributed by atoms with Crippen LogP contribution in [0.4, 0.5) is 0 Å². The summed E-state index contributed by atoms with van der Waals surface area (Å²) in [5, 5.41) is 0. The standard InChI is InChI=1S/C16H18N4O3S/c1-11(12-5-4-8-17-10-12)18-24(22,23)13-6-7-14-15(9-13)20(3)16(21)19(14)2/h4-11,18H,1-3H3/t11-/m1/s1. The van der Waals surface area contributed by atoms with Crippen LogP contribution < -0.4 is 10.4 Å². The number of aromatic nitrogens is 3. The van der Waals surface area contributed by atoms with E-state index < -0.39 is 16.1 Å². The molecule has 0 amide bonds. The van der Waals surface area contributed by atoms with Crippen molar-refractivity contribution >= 4 is 21.1 Å². The van der Waals surface area contributed by atoms with Gasteiger partial charge in [-0.05, 0) is 36.8 Å². The Labute approximate surface area is 139 Å². The summed E-state index contributed by atoms with van der Waals surface area (Å²) >= 11 is 0. The Bertz CT molecular complexity index is 1050. The van der Waals surface area contributed by atoms with Crippen molar-refractivity contribution < 1.29 is 8.42 Å². The quantitative estimate of drug-likeness (QED) is 0.772. The lowest BCUT2D eigenvalue weighted by atomic mass is 10.2. The van der Waals surface area contributed by atoms with E-state index in [2.05, 4.69) is 9.71 Å². The summed E-state index contributed by atoms with van der Waals surface area (Å²) in [4.78, 5) is 16.1. The van der Waals surface area contributed by atoms with Crippen LogP contribution >= 0.6 is 0 Å². The summed E-state index contributed by atoms with van der Waals surface area (Å²) < 4.78 is 30.8. The first-order chi connectivity index (χ1) is 11.3. The molecule has 7 nitrogen and oxygen atoms in total. The Morgan fingerprint density at radius 2 is 1.83 bits per heavy atom. The zero-order valence-corrected chi connectivity index (χ0v) is 14.4. The number of aryl methyl sites for hydroxylation is 2. The van der Waals surface area contributed by atoms with Crippen molar-refractivity contribution in [2.75, 3.05) is 0 Å². The monoisotopic (exact) mass is 346 g/mol. The second-order valence-electron chi connectivity index (χ2n) is 5.68. The van der Waals surface area contributed by atoms with E-state index in [1.54, 1.807) is 45.5 Å². The summed E-state index contributed by atoms with van der Waals surface area (Å²) in [6.07, 6.45) is 3.26. The third kappa shape index (κ3) is 2.74. The number of benzene rings is 1. The number of fused-ring (bicyclic) bond motifs is 1. The lowest BCUT2D eigenvalue weighted by Gasteiger charge is -2.14. The van der Waals surface area contributed by atoms with Crippen LogP contribution in [0.25, 0.3) is 11.0 Å². The maximum atomic E-state index is 12.6. The smallest absolute Gasteiger partial charge is 0.295 e. The molecule has 0 aliphatic rings. The van der Waals surface area contributed by atoms with E-state index in [-0.39, 0.29) is 10.6 Å². The predicted molar refractivity (Wildman–Crippen MR) is 91.1 cm³/mol. The highest BCUT2D eigenvalue weighted by molar-refractivity contribution is 7.89. The van der Waals surface area contributed by atoms with Crippen molar-refractivity contribution in [2.24, 2.45) is 14.1 Å². The van der Waals surface area contributed by atoms with Gasteiger partial charge in [0.15, 0.2) is 0 Å². The predicted octanol–water partition coefficient (Wildman–Crippen LogP) is 1.31. The summed E-state index contributed by atoms with van der Waals surface area (Å²) in [5.41, 5.74) is 1.83. The number of nitrogens with one attached hydrogen (secondary N) is 1. The molecule has 1 aromatic carbocycles. The zero-order chi connectivity index (χ0) is 17.5. The molecule has 0 aliphatic carbocycles. The Hall–Kier alpha value is -2.45. The lowest BCUT2D eigenvalue weighted by molar-refractivity contribution is 0.566. The lowest BCUT2D eigenvalue weighted by Crippen LogP contribution is -2.27. The van der Waals surface area contributed by atoms with E-state index in [4.69, 9.17) is 0 Å². The van der Waals surface area contributed by atoms with E-state index in [0.29, 0.717) is 11.0 Å². The first kappa shape index (κ1) is 16.4. The molecule has 0 spiro atoms. The van der Waals surface area contributed by atoms with Crippen LogP contribution in [-0.4, -0.2) is 22.5 Å². The summed E-state index contributed by atoms with van der Waals surface area (Å²) in [6, 6.07) is 7.80. The molecule has 0 bridgehead atoms. The van der Waals surface area contributed by atoms with Gasteiger partial charge in [-0.15, -0.1) is 0 Å². The zero-order valence-electron chi connectivity index (χ0n) is 13.6. The third-order valence-electron chi connectivity index (χ3n) is 4.07. The van der Waals surface area contributed by atoms with Gasteiger partial charge in [0.25, 0.3) is 0 Å². The van der Waals surface area contributed by atoms with E-state index in [9.17, 15) is 13.2 Å². The fourth-order valence-corrected chi connectivity index (χ4v) is 3.91. The Balaban J connectivity index is 1.99. The molecule has 0 fully saturated rings. The van der Waals surface area contributed by atoms with Crippen LogP contribution in [0.2, 0.25) is 0 Å². The first-order valence-corrected chi connectivity index (χ1v) is 8.87. The molecule has 0 unspecified atom stereocenters. The van der Waals surface area contributed by atoms with Crippen molar-refractivity contribution in [1.82, 2.24) is 18.8 Å². The molecule has 8 heteroatoms. The second kappa shape index (κ2) is 5.88. The van der Waals surface area contributed by atoms with Gasteiger partial charge in [0.2, 0.25) is 10.0 Å². The van der Waals surface area contributed by atoms with Gasteiger partial charge in [-0.1, -0.05) is 6.07 Å². The molecule has 0 radical (unpaired) electrons. The van der Waals surface area contributed by atoms with Crippen LogP contribution in [0.1, 0.15) is 18.5 Å². The van der Waals surface area contributed by atoms with Gasteiger partial charge in [0, 0.05) is 32.5 Å². The first-order valence-electron chi connectivity index (χ1n) is 7.39. The Morgan fingerprint density at radius 3 is 2.50 bits per heavy atom. The van der Waals surface area contributed by atoms with Gasteiger partial charge in [-0.3, -0.25) is 14.1 Å². The van der Waals surface area contributed by atoms with Crippen molar-refractivity contribution in [3.05, 3.63) is 58.8 Å². The molecule has 0 aliphatic heterocycles. The van der Waals surface area contributed by atoms with Crippen LogP contribution in [0.15, 0.2) is 52.4 Å². The number of nitrogens with zero attached hydrogens (tertiary/aromatic N) is 3. The maximum absolute atomic E-state index is 12.6. The van der Waals surface area contributed by atoms with Gasteiger partial charge in [0.1, 0.15) is 0 Å². The van der Waals surface area contributed by atoms with Gasteiger partial charge in [0.05, 0.1) is 15.9 Å². The minimum atomic E-state index is -3.72. The maximum Gasteiger partial charge on any atom is 0.328 e. The highest BCUT2D eigenvalue weighted by Crippen LogP contribution is 2.20. The SMILES string of the molecule is C[C@@H](NS(=O)(=O)c1ccc2c(c1)n(C)c(=O)n2C)c1cccnc1. The Kier molecular flexibility index (Phi) is 4.02. The molecule has 2 heterocycles. The van der Waals surface area contributed by atoms with Gasteiger partial charge in [-0.2, -0.15) is 0 Å². The van der Waals surface area contributed by atoms with Gasteiger partial charge >= 0.3 is 5.69 Å². The fraction of sp³-hybridized carbons (Fsp3) is 0.250. The highest BCUT2D eigenvalue weighted by atomic mass is 32.2. The summed E-state index contributed by atoms with van der Waals surface area (Å²) in [7, 11) is -0.450. The number of imidazole rings is 1. The molecule has 126 valence electrons. The van der Waals surface area contributed by atoms with Crippen molar-refractivity contribution in [3.8, 4) is 0 Å². The van der Waals surface area contributed by atoms with E-state index in [1.165, 1.54) is 21.3 Å². The molecule has 0 saturated carbocycles. The average molecular weight is 346 g/mol. The second-order valence-corrected chi connectivity index (χ2v) is 7.39. The van der Waals surface area contributed by atoms with Crippen LogP contribution in [0.5, 0.6) is 0 Å². The third-order valence-corrected chi connectivity index (χ3v) is 5.61. The highest BCUT2D eigenvalue weighted by Gasteiger charge is 2.20. The van der Waals surface area contributed by atoms with E-state index in [0.717, 1.165) is 5.56 Å². The molecular weight excluding hydrogens is 328 g/mol. The van der Waals surface area contributed by atoms with Crippen LogP contribution in [0.3, 0.4) is 0 Å². The minimum absolute atomic E-state index is 0.118. The van der Waals surface area contributed by atoms with Gasteiger partial charge < -0.3 is 0 Å². The Morgan fingerprint density at radius 1 is 1.12 bits per heavy atom. The van der Waals surface area contributed by atoms with Crippen LogP contribution in [0, 0.1) is 0 Å². The summed E-state index contributed by atoms with van der Waals surface area (Å²) in [5.74, 6) is 0. The van der Waals surface area contributed by atoms with E-state index in [1.807, 2.05) is 6.07 Å². The molecule has 0 saturated heterocycles.